The molecule has 1 atom stereocenters. The Morgan fingerprint density at radius 2 is 1.88 bits per heavy atom. The second-order valence-corrected chi connectivity index (χ2v) is 12.2. The summed E-state index contributed by atoms with van der Waals surface area (Å²) in [4.78, 5) is 59.8. The van der Waals surface area contributed by atoms with Crippen molar-refractivity contribution in [2.75, 3.05) is 36.1 Å². The minimum atomic E-state index is -5.29. The van der Waals surface area contributed by atoms with Crippen LogP contribution >= 0.6 is 0 Å². The molecule has 5 N–H and O–H groups in total. The van der Waals surface area contributed by atoms with E-state index in [1.807, 2.05) is 4.90 Å². The number of hydrogen-bond acceptors (Lipinski definition) is 11. The van der Waals surface area contributed by atoms with Crippen LogP contribution in [-0.2, 0) is 20.9 Å². The zero-order valence-electron chi connectivity index (χ0n) is 27.2. The monoisotopic (exact) mass is 693 g/mol. The first kappa shape index (κ1) is 34.2. The van der Waals surface area contributed by atoms with E-state index in [2.05, 4.69) is 15.3 Å². The Morgan fingerprint density at radius 1 is 1.12 bits per heavy atom. The highest BCUT2D eigenvalue weighted by Crippen LogP contribution is 2.47. The number of benzene rings is 2. The summed E-state index contributed by atoms with van der Waals surface area (Å²) < 4.78 is 52.7. The number of amides is 1. The fraction of sp³-hybridized carbons (Fsp3) is 0.353. The van der Waals surface area contributed by atoms with E-state index in [1.54, 1.807) is 23.6 Å². The van der Waals surface area contributed by atoms with Crippen LogP contribution in [0.4, 0.5) is 30.6 Å². The predicted molar refractivity (Wildman–Crippen MR) is 178 cm³/mol. The van der Waals surface area contributed by atoms with Crippen LogP contribution in [0.2, 0.25) is 0 Å². The second-order valence-electron chi connectivity index (χ2n) is 12.2. The average molecular weight is 694 g/mol. The van der Waals surface area contributed by atoms with Gasteiger partial charge in [0.1, 0.15) is 17.1 Å². The van der Waals surface area contributed by atoms with Crippen LogP contribution in [-0.4, -0.2) is 58.3 Å². The van der Waals surface area contributed by atoms with Gasteiger partial charge >= 0.3 is 18.1 Å². The molecule has 13 nitrogen and oxygen atoms in total. The lowest BCUT2D eigenvalue weighted by molar-refractivity contribution is -0.189. The molecule has 3 heterocycles. The van der Waals surface area contributed by atoms with E-state index in [9.17, 15) is 32.3 Å². The SMILES string of the molecule is CCOC(=O)c1cn(C2CC2)c2cc(-c3cc4c(cc3OC(=O)C(F)(F)F)N(Cc3cnc(N)nc3N)CC4CCNC(C)=O)ccc2c1=O. The van der Waals surface area contributed by atoms with E-state index in [-0.39, 0.29) is 65.0 Å². The summed E-state index contributed by atoms with van der Waals surface area (Å²) in [7, 11) is 0. The highest BCUT2D eigenvalue weighted by Gasteiger charge is 2.42. The summed E-state index contributed by atoms with van der Waals surface area (Å²) in [5.74, 6) is -3.83. The first-order valence-electron chi connectivity index (χ1n) is 15.9. The number of carbonyl (C=O) groups excluding carboxylic acids is 3. The van der Waals surface area contributed by atoms with Gasteiger partial charge in [0.15, 0.2) is 0 Å². The number of ether oxygens (including phenoxy) is 2. The van der Waals surface area contributed by atoms with E-state index in [0.29, 0.717) is 41.8 Å². The minimum absolute atomic E-state index is 0.000502. The van der Waals surface area contributed by atoms with Crippen molar-refractivity contribution >= 4 is 46.2 Å². The third-order valence-corrected chi connectivity index (χ3v) is 8.71. The molecule has 1 amide bonds. The molecule has 1 unspecified atom stereocenters. The van der Waals surface area contributed by atoms with Gasteiger partial charge in [0.25, 0.3) is 0 Å². The van der Waals surface area contributed by atoms with Crippen molar-refractivity contribution in [1.82, 2.24) is 19.9 Å². The molecule has 2 aliphatic rings. The van der Waals surface area contributed by atoms with Crippen LogP contribution < -0.4 is 31.8 Å². The van der Waals surface area contributed by atoms with Gasteiger partial charge in [-0.25, -0.2) is 14.6 Å². The number of anilines is 3. The largest absolute Gasteiger partial charge is 0.491 e. The summed E-state index contributed by atoms with van der Waals surface area (Å²) in [5, 5.41) is 3.01. The fourth-order valence-corrected chi connectivity index (χ4v) is 6.22. The van der Waals surface area contributed by atoms with Gasteiger partial charge in [0.2, 0.25) is 17.3 Å². The Kier molecular flexibility index (Phi) is 9.12. The van der Waals surface area contributed by atoms with Crippen LogP contribution in [0.1, 0.15) is 66.6 Å². The maximum Gasteiger partial charge on any atom is 0.491 e. The number of halogens is 3. The zero-order chi connectivity index (χ0) is 35.9. The molecular formula is C34H34F3N7O6. The average Bonchev–Trinajstić information content (AvgIpc) is 3.84. The number of nitrogens with two attached hydrogens (primary N) is 2. The molecule has 0 saturated heterocycles. The lowest BCUT2D eigenvalue weighted by Crippen LogP contribution is -2.28. The van der Waals surface area contributed by atoms with Crippen molar-refractivity contribution < 1.29 is 37.0 Å². The first-order valence-corrected chi connectivity index (χ1v) is 15.9. The van der Waals surface area contributed by atoms with Crippen LogP contribution in [0.25, 0.3) is 22.0 Å². The van der Waals surface area contributed by atoms with Gasteiger partial charge in [-0.2, -0.15) is 18.2 Å². The lowest BCUT2D eigenvalue weighted by Gasteiger charge is -2.22. The molecular weight excluding hydrogens is 659 g/mol. The molecule has 1 fully saturated rings. The van der Waals surface area contributed by atoms with Crippen LogP contribution in [0.15, 0.2) is 47.5 Å². The van der Waals surface area contributed by atoms with Crippen molar-refractivity contribution in [3.63, 3.8) is 0 Å². The number of nitrogens with zero attached hydrogens (tertiary/aromatic N) is 4. The second kappa shape index (κ2) is 13.3. The zero-order valence-corrected chi connectivity index (χ0v) is 27.2. The smallest absolute Gasteiger partial charge is 0.462 e. The van der Waals surface area contributed by atoms with E-state index >= 15 is 0 Å². The number of hydrogen-bond donors (Lipinski definition) is 3. The highest BCUT2D eigenvalue weighted by atomic mass is 19.4. The van der Waals surface area contributed by atoms with E-state index in [1.165, 1.54) is 37.5 Å². The topological polar surface area (TPSA) is 185 Å². The molecule has 4 aromatic rings. The third-order valence-electron chi connectivity index (χ3n) is 8.71. The van der Waals surface area contributed by atoms with E-state index < -0.39 is 23.5 Å². The Balaban J connectivity index is 1.51. The molecule has 1 saturated carbocycles. The predicted octanol–water partition coefficient (Wildman–Crippen LogP) is 4.23. The van der Waals surface area contributed by atoms with Gasteiger partial charge in [-0.3, -0.25) is 9.59 Å². The number of esters is 2. The number of fused-ring (bicyclic) bond motifs is 2. The maximum atomic E-state index is 13.6. The number of aromatic nitrogens is 3. The van der Waals surface area contributed by atoms with Gasteiger partial charge in [0.05, 0.1) is 12.1 Å². The molecule has 2 aromatic carbocycles. The van der Waals surface area contributed by atoms with Crippen molar-refractivity contribution in [1.29, 1.82) is 0 Å². The normalized spacial score (nSPS) is 15.5. The van der Waals surface area contributed by atoms with Gasteiger partial charge in [-0.05, 0) is 55.5 Å². The molecule has 0 spiro atoms. The van der Waals surface area contributed by atoms with Crippen molar-refractivity contribution in [2.45, 2.75) is 57.8 Å². The van der Waals surface area contributed by atoms with E-state index in [4.69, 9.17) is 20.9 Å². The number of alkyl halides is 3. The minimum Gasteiger partial charge on any atom is -0.462 e. The molecule has 262 valence electrons. The van der Waals surface area contributed by atoms with Crippen molar-refractivity contribution in [2.24, 2.45) is 0 Å². The molecule has 1 aliphatic carbocycles. The van der Waals surface area contributed by atoms with Gasteiger partial charge in [-0.15, -0.1) is 0 Å². The Morgan fingerprint density at radius 3 is 2.54 bits per heavy atom. The quantitative estimate of drug-likeness (QED) is 0.160. The molecule has 1 aliphatic heterocycles. The van der Waals surface area contributed by atoms with Gasteiger partial charge < -0.3 is 35.7 Å². The molecule has 0 bridgehead atoms. The number of nitrogens with one attached hydrogen (secondary N) is 1. The Bertz CT molecular complexity index is 2080. The van der Waals surface area contributed by atoms with Crippen LogP contribution in [0.3, 0.4) is 0 Å². The summed E-state index contributed by atoms with van der Waals surface area (Å²) in [6, 6.07) is 7.73. The van der Waals surface area contributed by atoms with E-state index in [0.717, 1.165) is 18.4 Å². The molecule has 50 heavy (non-hydrogen) atoms. The van der Waals surface area contributed by atoms with Gasteiger partial charge in [0, 0.05) is 79.2 Å². The van der Waals surface area contributed by atoms with Crippen molar-refractivity contribution in [3.05, 3.63) is 69.6 Å². The number of nitrogen functional groups attached to an aromatic ring is 2. The summed E-state index contributed by atoms with van der Waals surface area (Å²) >= 11 is 0. The summed E-state index contributed by atoms with van der Waals surface area (Å²) in [6.07, 6.45) is -0.289. The number of carbonyl (C=O) groups is 3. The Hall–Kier alpha value is -5.67. The number of pyridine rings is 1. The maximum absolute atomic E-state index is 13.6. The first-order chi connectivity index (χ1) is 23.7. The highest BCUT2D eigenvalue weighted by molar-refractivity contribution is 5.95. The number of rotatable bonds is 10. The third kappa shape index (κ3) is 6.91. The summed E-state index contributed by atoms with van der Waals surface area (Å²) in [6.45, 7) is 3.98. The molecule has 2 aromatic heterocycles. The van der Waals surface area contributed by atoms with Crippen LogP contribution in [0.5, 0.6) is 5.75 Å². The fourth-order valence-electron chi connectivity index (χ4n) is 6.22. The standard InChI is InChI=1S/C34H34F3N7O6/c1-3-49-31(47)25-16-44(21-5-6-21)27-10-18(4-7-22(27)29(25)46)24-11-23-19(8-9-40-17(2)45)14-43(15-20-13-41-33(39)42-30(20)38)26(23)12-28(24)50-32(48)34(35,36)37/h4,7,10-13,16,19,21H,3,5-6,8-9,14-15H2,1-2H3,(H,40,45)(H4,38,39,41,42). The molecule has 0 radical (unpaired) electrons. The van der Waals surface area contributed by atoms with Crippen molar-refractivity contribution in [3.8, 4) is 16.9 Å². The molecule has 16 heteroatoms. The van der Waals surface area contributed by atoms with Crippen LogP contribution in [0, 0.1) is 0 Å². The Labute approximate surface area is 283 Å². The van der Waals surface area contributed by atoms with Gasteiger partial charge in [-0.1, -0.05) is 6.07 Å². The summed E-state index contributed by atoms with van der Waals surface area (Å²) in [5.41, 5.74) is 13.8. The molecule has 6 rings (SSSR count). The lowest BCUT2D eigenvalue weighted by atomic mass is 9.93.